The molecule has 1 aliphatic carbocycles. The molecule has 1 heterocycles. The van der Waals surface area contributed by atoms with Gasteiger partial charge in [0.25, 0.3) is 0 Å². The summed E-state index contributed by atoms with van der Waals surface area (Å²) in [4.78, 5) is 4.36. The monoisotopic (exact) mass is 225 g/mol. The van der Waals surface area contributed by atoms with Crippen molar-refractivity contribution in [2.24, 2.45) is 0 Å². The highest BCUT2D eigenvalue weighted by atomic mass is 16.4. The summed E-state index contributed by atoms with van der Waals surface area (Å²) in [6.45, 7) is 4.11. The third-order valence-corrected chi connectivity index (χ3v) is 3.37. The van der Waals surface area contributed by atoms with Gasteiger partial charge in [0.05, 0.1) is 6.20 Å². The van der Waals surface area contributed by atoms with Crippen molar-refractivity contribution in [1.29, 1.82) is 0 Å². The van der Waals surface area contributed by atoms with Gasteiger partial charge in [-0.1, -0.05) is 30.4 Å². The Labute approximate surface area is 101 Å². The van der Waals surface area contributed by atoms with Crippen LogP contribution in [0.4, 0.5) is 0 Å². The van der Waals surface area contributed by atoms with Gasteiger partial charge in [-0.15, -0.1) is 0 Å². The molecule has 86 valence electrons. The number of hydrogen-bond donors (Lipinski definition) is 0. The molecule has 0 amide bonds. The van der Waals surface area contributed by atoms with Crippen LogP contribution in [-0.2, 0) is 0 Å². The number of benzene rings is 1. The first kappa shape index (κ1) is 10.3. The van der Waals surface area contributed by atoms with Gasteiger partial charge in [-0.2, -0.15) is 0 Å². The molecule has 1 atom stereocenters. The summed E-state index contributed by atoms with van der Waals surface area (Å²) >= 11 is 0. The van der Waals surface area contributed by atoms with E-state index < -0.39 is 0 Å². The molecule has 0 spiro atoms. The second kappa shape index (κ2) is 4.21. The molecule has 1 aromatic heterocycles. The first-order chi connectivity index (χ1) is 8.34. The standard InChI is InChI=1S/C15H15NO/c1-11-6-5-9-13(11)14-10-16-15(17-14)12-7-3-2-4-8-12/h2-4,7-8,10,13H,1,5-6,9H2. The Hall–Kier alpha value is -1.83. The summed E-state index contributed by atoms with van der Waals surface area (Å²) < 4.78 is 5.85. The zero-order valence-electron chi connectivity index (χ0n) is 9.73. The molecular weight excluding hydrogens is 210 g/mol. The number of oxazole rings is 1. The molecular formula is C15H15NO. The molecule has 0 saturated heterocycles. The molecule has 1 unspecified atom stereocenters. The van der Waals surface area contributed by atoms with Crippen molar-refractivity contribution in [3.8, 4) is 11.5 Å². The van der Waals surface area contributed by atoms with E-state index in [1.165, 1.54) is 12.0 Å². The Kier molecular flexibility index (Phi) is 2.56. The molecule has 2 heteroatoms. The summed E-state index contributed by atoms with van der Waals surface area (Å²) in [5.74, 6) is 2.05. The predicted molar refractivity (Wildman–Crippen MR) is 67.7 cm³/mol. The third kappa shape index (κ3) is 1.91. The van der Waals surface area contributed by atoms with Crippen molar-refractivity contribution in [2.75, 3.05) is 0 Å². The van der Waals surface area contributed by atoms with Gasteiger partial charge in [-0.05, 0) is 31.4 Å². The van der Waals surface area contributed by atoms with Gasteiger partial charge in [-0.25, -0.2) is 4.98 Å². The van der Waals surface area contributed by atoms with Gasteiger partial charge in [0, 0.05) is 11.5 Å². The lowest BCUT2D eigenvalue weighted by Gasteiger charge is -2.05. The minimum absolute atomic E-state index is 0.375. The van der Waals surface area contributed by atoms with Crippen LogP contribution in [0.15, 0.2) is 53.1 Å². The van der Waals surface area contributed by atoms with E-state index in [-0.39, 0.29) is 0 Å². The zero-order chi connectivity index (χ0) is 11.7. The molecule has 1 fully saturated rings. The normalized spacial score (nSPS) is 19.8. The number of aromatic nitrogens is 1. The van der Waals surface area contributed by atoms with Crippen molar-refractivity contribution < 1.29 is 4.42 Å². The molecule has 0 radical (unpaired) electrons. The Morgan fingerprint density at radius 2 is 2.06 bits per heavy atom. The van der Waals surface area contributed by atoms with Gasteiger partial charge in [-0.3, -0.25) is 0 Å². The maximum atomic E-state index is 5.85. The van der Waals surface area contributed by atoms with Gasteiger partial charge >= 0.3 is 0 Å². The van der Waals surface area contributed by atoms with Crippen LogP contribution in [0, 0.1) is 0 Å². The van der Waals surface area contributed by atoms with Gasteiger partial charge < -0.3 is 4.42 Å². The van der Waals surface area contributed by atoms with E-state index in [0.717, 1.165) is 24.2 Å². The first-order valence-corrected chi connectivity index (χ1v) is 6.03. The van der Waals surface area contributed by atoms with Crippen molar-refractivity contribution >= 4 is 0 Å². The van der Waals surface area contributed by atoms with Crippen LogP contribution in [0.25, 0.3) is 11.5 Å². The van der Waals surface area contributed by atoms with E-state index in [9.17, 15) is 0 Å². The Morgan fingerprint density at radius 3 is 2.76 bits per heavy atom. The van der Waals surface area contributed by atoms with Crippen molar-refractivity contribution in [3.05, 3.63) is 54.4 Å². The fourth-order valence-electron chi connectivity index (χ4n) is 2.42. The van der Waals surface area contributed by atoms with E-state index >= 15 is 0 Å². The zero-order valence-corrected chi connectivity index (χ0v) is 9.73. The van der Waals surface area contributed by atoms with Crippen LogP contribution in [0.2, 0.25) is 0 Å². The molecule has 1 aliphatic rings. The van der Waals surface area contributed by atoms with E-state index in [1.54, 1.807) is 0 Å². The van der Waals surface area contributed by atoms with E-state index in [0.29, 0.717) is 11.8 Å². The average molecular weight is 225 g/mol. The minimum atomic E-state index is 0.375. The summed E-state index contributed by atoms with van der Waals surface area (Å²) in [5.41, 5.74) is 2.31. The van der Waals surface area contributed by atoms with E-state index in [1.807, 2.05) is 36.5 Å². The molecule has 2 aromatic rings. The lowest BCUT2D eigenvalue weighted by molar-refractivity contribution is 0.493. The number of hydrogen-bond acceptors (Lipinski definition) is 2. The molecule has 0 aliphatic heterocycles. The summed E-state index contributed by atoms with van der Waals surface area (Å²) in [7, 11) is 0. The molecule has 0 bridgehead atoms. The Bertz CT molecular complexity index is 527. The lowest BCUT2D eigenvalue weighted by atomic mass is 10.0. The smallest absolute Gasteiger partial charge is 0.226 e. The largest absolute Gasteiger partial charge is 0.441 e. The highest BCUT2D eigenvalue weighted by molar-refractivity contribution is 5.52. The fraction of sp³-hybridized carbons (Fsp3) is 0.267. The van der Waals surface area contributed by atoms with E-state index in [4.69, 9.17) is 4.42 Å². The lowest BCUT2D eigenvalue weighted by Crippen LogP contribution is -1.91. The predicted octanol–water partition coefficient (Wildman–Crippen LogP) is 4.17. The van der Waals surface area contributed by atoms with Crippen LogP contribution in [0.1, 0.15) is 30.9 Å². The topological polar surface area (TPSA) is 26.0 Å². The van der Waals surface area contributed by atoms with E-state index in [2.05, 4.69) is 11.6 Å². The second-order valence-electron chi connectivity index (χ2n) is 4.54. The maximum absolute atomic E-state index is 5.85. The van der Waals surface area contributed by atoms with Crippen molar-refractivity contribution in [3.63, 3.8) is 0 Å². The van der Waals surface area contributed by atoms with Crippen LogP contribution in [0.3, 0.4) is 0 Å². The summed E-state index contributed by atoms with van der Waals surface area (Å²) in [5, 5.41) is 0. The van der Waals surface area contributed by atoms with Gasteiger partial charge in [0.2, 0.25) is 5.89 Å². The maximum Gasteiger partial charge on any atom is 0.226 e. The Morgan fingerprint density at radius 1 is 1.24 bits per heavy atom. The van der Waals surface area contributed by atoms with Crippen molar-refractivity contribution in [2.45, 2.75) is 25.2 Å². The van der Waals surface area contributed by atoms with Crippen LogP contribution < -0.4 is 0 Å². The number of rotatable bonds is 2. The van der Waals surface area contributed by atoms with Crippen LogP contribution in [-0.4, -0.2) is 4.98 Å². The Balaban J connectivity index is 1.91. The SMILES string of the molecule is C=C1CCCC1c1cnc(-c2ccccc2)o1. The molecule has 2 nitrogen and oxygen atoms in total. The highest BCUT2D eigenvalue weighted by Gasteiger charge is 2.24. The number of nitrogens with zero attached hydrogens (tertiary/aromatic N) is 1. The van der Waals surface area contributed by atoms with Crippen LogP contribution >= 0.6 is 0 Å². The van der Waals surface area contributed by atoms with Crippen LogP contribution in [0.5, 0.6) is 0 Å². The fourth-order valence-corrected chi connectivity index (χ4v) is 2.42. The van der Waals surface area contributed by atoms with Gasteiger partial charge in [0.15, 0.2) is 0 Å². The molecule has 1 aromatic carbocycles. The molecule has 3 rings (SSSR count). The third-order valence-electron chi connectivity index (χ3n) is 3.37. The summed E-state index contributed by atoms with van der Waals surface area (Å²) in [6, 6.07) is 10.0. The van der Waals surface area contributed by atoms with Gasteiger partial charge in [0.1, 0.15) is 5.76 Å². The average Bonchev–Trinajstić information content (AvgIpc) is 2.98. The minimum Gasteiger partial charge on any atom is -0.441 e. The quantitative estimate of drug-likeness (QED) is 0.717. The molecule has 1 saturated carbocycles. The first-order valence-electron chi connectivity index (χ1n) is 6.03. The van der Waals surface area contributed by atoms with Crippen molar-refractivity contribution in [1.82, 2.24) is 4.98 Å². The molecule has 0 N–H and O–H groups in total. The summed E-state index contributed by atoms with van der Waals surface area (Å²) in [6.07, 6.45) is 5.32. The number of allylic oxidation sites excluding steroid dienone is 1. The highest BCUT2D eigenvalue weighted by Crippen LogP contribution is 2.38. The molecule has 17 heavy (non-hydrogen) atoms. The second-order valence-corrected chi connectivity index (χ2v) is 4.54.